The predicted molar refractivity (Wildman–Crippen MR) is 82.8 cm³/mol. The van der Waals surface area contributed by atoms with E-state index in [1.807, 2.05) is 0 Å². The highest BCUT2D eigenvalue weighted by molar-refractivity contribution is 6.17. The monoisotopic (exact) mass is 280 g/mol. The maximum absolute atomic E-state index is 10.7. The van der Waals surface area contributed by atoms with E-state index in [1.54, 1.807) is 12.2 Å². The van der Waals surface area contributed by atoms with E-state index in [9.17, 15) is 9.59 Å². The number of ketones is 1. The number of unbranched alkanes of at least 4 members (excludes halogenated alkanes) is 7. The summed E-state index contributed by atoms with van der Waals surface area (Å²) in [6.07, 6.45) is 16.2. The Morgan fingerprint density at radius 2 is 1.55 bits per heavy atom. The van der Waals surface area contributed by atoms with Gasteiger partial charge in [-0.25, -0.2) is 4.79 Å². The average molecular weight is 280 g/mol. The Morgan fingerprint density at radius 1 is 1.05 bits per heavy atom. The minimum absolute atomic E-state index is 0.123. The standard InChI is InChI=1S/C10H22.C7H6O3/c1-3-5-7-9-10-8-6-4-2;8-6-4-2-1-3-5(6)7(9)10/h3-10H2,1-2H3;1-3H,4H2,(H,9,10). The second-order valence-corrected chi connectivity index (χ2v) is 5.06. The summed E-state index contributed by atoms with van der Waals surface area (Å²) >= 11 is 0. The van der Waals surface area contributed by atoms with E-state index in [1.165, 1.54) is 57.4 Å². The third-order valence-electron chi connectivity index (χ3n) is 3.19. The van der Waals surface area contributed by atoms with Gasteiger partial charge >= 0.3 is 5.97 Å². The Bertz CT molecular complexity index is 332. The van der Waals surface area contributed by atoms with E-state index in [-0.39, 0.29) is 17.8 Å². The Labute approximate surface area is 122 Å². The molecule has 0 saturated heterocycles. The molecule has 0 heterocycles. The van der Waals surface area contributed by atoms with Crippen LogP contribution >= 0.6 is 0 Å². The van der Waals surface area contributed by atoms with Crippen molar-refractivity contribution in [1.82, 2.24) is 0 Å². The van der Waals surface area contributed by atoms with Crippen LogP contribution in [0.5, 0.6) is 0 Å². The van der Waals surface area contributed by atoms with Crippen molar-refractivity contribution in [3.05, 3.63) is 23.8 Å². The van der Waals surface area contributed by atoms with Crippen LogP contribution in [0.15, 0.2) is 23.8 Å². The van der Waals surface area contributed by atoms with Crippen LogP contribution in [0, 0.1) is 0 Å². The van der Waals surface area contributed by atoms with Gasteiger partial charge in [-0.1, -0.05) is 77.4 Å². The van der Waals surface area contributed by atoms with Crippen molar-refractivity contribution < 1.29 is 14.7 Å². The maximum Gasteiger partial charge on any atom is 0.339 e. The molecule has 0 atom stereocenters. The molecule has 0 radical (unpaired) electrons. The summed E-state index contributed by atoms with van der Waals surface area (Å²) in [5.41, 5.74) is -0.123. The molecule has 0 aromatic rings. The van der Waals surface area contributed by atoms with Crippen LogP contribution in [-0.2, 0) is 9.59 Å². The first-order valence-electron chi connectivity index (χ1n) is 7.76. The molecular weight excluding hydrogens is 252 g/mol. The van der Waals surface area contributed by atoms with Crippen molar-refractivity contribution in [2.24, 2.45) is 0 Å². The summed E-state index contributed by atoms with van der Waals surface area (Å²) in [5.74, 6) is -1.47. The average Bonchev–Trinajstić information content (AvgIpc) is 2.44. The zero-order chi connectivity index (χ0) is 15.2. The van der Waals surface area contributed by atoms with Gasteiger partial charge in [-0.15, -0.1) is 0 Å². The number of allylic oxidation sites excluding steroid dienone is 3. The molecule has 20 heavy (non-hydrogen) atoms. The molecule has 3 nitrogen and oxygen atoms in total. The van der Waals surface area contributed by atoms with E-state index in [0.717, 1.165) is 0 Å². The van der Waals surface area contributed by atoms with Crippen LogP contribution in [0.25, 0.3) is 0 Å². The number of carboxylic acids is 1. The predicted octanol–water partition coefficient (Wildman–Crippen LogP) is 4.67. The van der Waals surface area contributed by atoms with Crippen molar-refractivity contribution >= 4 is 11.8 Å². The van der Waals surface area contributed by atoms with Crippen LogP contribution in [0.3, 0.4) is 0 Å². The van der Waals surface area contributed by atoms with Crippen molar-refractivity contribution in [1.29, 1.82) is 0 Å². The fraction of sp³-hybridized carbons (Fsp3) is 0.647. The van der Waals surface area contributed by atoms with Gasteiger partial charge in [-0.05, 0) is 6.08 Å². The number of carbonyl (C=O) groups excluding carboxylic acids is 1. The zero-order valence-corrected chi connectivity index (χ0v) is 12.9. The summed E-state index contributed by atoms with van der Waals surface area (Å²) in [5, 5.41) is 8.39. The van der Waals surface area contributed by atoms with E-state index in [0.29, 0.717) is 0 Å². The maximum atomic E-state index is 10.7. The van der Waals surface area contributed by atoms with Gasteiger partial charge in [0.15, 0.2) is 5.78 Å². The molecule has 0 saturated carbocycles. The number of hydrogen-bond acceptors (Lipinski definition) is 2. The molecule has 1 aliphatic rings. The molecule has 0 bridgehead atoms. The highest BCUT2D eigenvalue weighted by Gasteiger charge is 2.16. The van der Waals surface area contributed by atoms with Gasteiger partial charge in [0, 0.05) is 6.42 Å². The lowest BCUT2D eigenvalue weighted by Gasteiger charge is -2.00. The molecule has 0 aromatic heterocycles. The molecule has 0 aromatic carbocycles. The SMILES string of the molecule is CCCCCCCCCC.O=C(O)C1=CC=CCC1=O. The molecule has 0 spiro atoms. The number of carbonyl (C=O) groups is 2. The molecular formula is C17H28O3. The van der Waals surface area contributed by atoms with Crippen LogP contribution < -0.4 is 0 Å². The van der Waals surface area contributed by atoms with E-state index >= 15 is 0 Å². The topological polar surface area (TPSA) is 54.4 Å². The Morgan fingerprint density at radius 3 is 1.90 bits per heavy atom. The lowest BCUT2D eigenvalue weighted by atomic mass is 10.0. The van der Waals surface area contributed by atoms with Crippen molar-refractivity contribution in [2.45, 2.75) is 71.6 Å². The minimum atomic E-state index is -1.14. The smallest absolute Gasteiger partial charge is 0.339 e. The quantitative estimate of drug-likeness (QED) is 0.519. The molecule has 3 heteroatoms. The van der Waals surface area contributed by atoms with Crippen molar-refractivity contribution in [3.63, 3.8) is 0 Å². The summed E-state index contributed by atoms with van der Waals surface area (Å²) in [4.78, 5) is 21.0. The Kier molecular flexibility index (Phi) is 11.8. The summed E-state index contributed by atoms with van der Waals surface area (Å²) in [6, 6.07) is 0. The van der Waals surface area contributed by atoms with Gasteiger partial charge in [0.1, 0.15) is 5.57 Å². The molecule has 0 amide bonds. The van der Waals surface area contributed by atoms with Crippen molar-refractivity contribution in [3.8, 4) is 0 Å². The van der Waals surface area contributed by atoms with E-state index in [4.69, 9.17) is 5.11 Å². The Balaban J connectivity index is 0.000000361. The molecule has 114 valence electrons. The second kappa shape index (κ2) is 12.6. The van der Waals surface area contributed by atoms with Crippen molar-refractivity contribution in [2.75, 3.05) is 0 Å². The molecule has 0 fully saturated rings. The van der Waals surface area contributed by atoms with Gasteiger partial charge in [0.25, 0.3) is 0 Å². The summed E-state index contributed by atoms with van der Waals surface area (Å²) in [7, 11) is 0. The Hall–Kier alpha value is -1.38. The minimum Gasteiger partial charge on any atom is -0.478 e. The lowest BCUT2D eigenvalue weighted by molar-refractivity contribution is -0.134. The number of Topliss-reactive ketones (excluding diaryl/α,β-unsaturated/α-hetero) is 1. The highest BCUT2D eigenvalue weighted by atomic mass is 16.4. The fourth-order valence-corrected chi connectivity index (χ4v) is 1.94. The summed E-state index contributed by atoms with van der Waals surface area (Å²) in [6.45, 7) is 4.54. The molecule has 1 rings (SSSR count). The second-order valence-electron chi connectivity index (χ2n) is 5.06. The van der Waals surface area contributed by atoms with Crippen LogP contribution in [0.2, 0.25) is 0 Å². The fourth-order valence-electron chi connectivity index (χ4n) is 1.94. The van der Waals surface area contributed by atoms with E-state index in [2.05, 4.69) is 13.8 Å². The zero-order valence-electron chi connectivity index (χ0n) is 12.9. The van der Waals surface area contributed by atoms with Crippen LogP contribution in [0.4, 0.5) is 0 Å². The van der Waals surface area contributed by atoms with Gasteiger partial charge in [0.2, 0.25) is 0 Å². The number of hydrogen-bond donors (Lipinski definition) is 1. The third kappa shape index (κ3) is 9.54. The number of aliphatic carboxylic acids is 1. The number of rotatable bonds is 8. The number of carboxylic acid groups (broad SMARTS) is 1. The van der Waals surface area contributed by atoms with Crippen LogP contribution in [-0.4, -0.2) is 16.9 Å². The third-order valence-corrected chi connectivity index (χ3v) is 3.19. The van der Waals surface area contributed by atoms with Gasteiger partial charge < -0.3 is 5.11 Å². The van der Waals surface area contributed by atoms with Crippen LogP contribution in [0.1, 0.15) is 71.6 Å². The highest BCUT2D eigenvalue weighted by Crippen LogP contribution is 2.08. The van der Waals surface area contributed by atoms with E-state index < -0.39 is 5.97 Å². The first-order valence-corrected chi connectivity index (χ1v) is 7.76. The molecule has 0 unspecified atom stereocenters. The van der Waals surface area contributed by atoms with Gasteiger partial charge in [-0.2, -0.15) is 0 Å². The molecule has 1 aliphatic carbocycles. The summed E-state index contributed by atoms with van der Waals surface area (Å²) < 4.78 is 0. The lowest BCUT2D eigenvalue weighted by Crippen LogP contribution is -2.12. The normalized spacial score (nSPS) is 13.5. The van der Waals surface area contributed by atoms with Gasteiger partial charge in [-0.3, -0.25) is 4.79 Å². The molecule has 1 N–H and O–H groups in total. The first kappa shape index (κ1) is 18.6. The largest absolute Gasteiger partial charge is 0.478 e. The first-order chi connectivity index (χ1) is 9.63. The van der Waals surface area contributed by atoms with Gasteiger partial charge in [0.05, 0.1) is 0 Å². The molecule has 0 aliphatic heterocycles.